The second-order valence-corrected chi connectivity index (χ2v) is 6.54. The summed E-state index contributed by atoms with van der Waals surface area (Å²) >= 11 is 1.38. The van der Waals surface area contributed by atoms with Crippen molar-refractivity contribution < 1.29 is 4.79 Å². The zero-order valence-electron chi connectivity index (χ0n) is 12.7. The first-order valence-electron chi connectivity index (χ1n) is 7.62. The van der Waals surface area contributed by atoms with E-state index in [0.29, 0.717) is 10.9 Å². The van der Waals surface area contributed by atoms with Crippen LogP contribution >= 0.6 is 11.8 Å². The molecule has 2 aliphatic rings. The third-order valence-corrected chi connectivity index (χ3v) is 4.77. The summed E-state index contributed by atoms with van der Waals surface area (Å²) < 4.78 is 0. The van der Waals surface area contributed by atoms with Crippen molar-refractivity contribution in [2.24, 2.45) is 10.2 Å². The van der Waals surface area contributed by atoms with Gasteiger partial charge in [-0.25, -0.2) is 0 Å². The molecule has 1 aromatic rings. The van der Waals surface area contributed by atoms with Gasteiger partial charge in [0.05, 0.1) is 12.0 Å². The molecule has 0 atom stereocenters. The number of carbonyl (C=O) groups excluding carboxylic acids is 1. The first kappa shape index (κ1) is 15.1. The molecule has 1 aromatic carbocycles. The first-order chi connectivity index (χ1) is 10.7. The molecule has 0 unspecified atom stereocenters. The molecule has 0 radical (unpaired) electrons. The predicted octanol–water partition coefficient (Wildman–Crippen LogP) is 2.54. The number of nitrogens with one attached hydrogen (secondary N) is 1. The first-order valence-corrected chi connectivity index (χ1v) is 8.60. The number of aryl methyl sites for hydroxylation is 1. The number of benzene rings is 1. The van der Waals surface area contributed by atoms with Crippen molar-refractivity contribution in [2.45, 2.75) is 26.2 Å². The summed E-state index contributed by atoms with van der Waals surface area (Å²) in [6.45, 7) is 4.39. The van der Waals surface area contributed by atoms with Crippen molar-refractivity contribution in [3.63, 3.8) is 0 Å². The van der Waals surface area contributed by atoms with Gasteiger partial charge >= 0.3 is 0 Å². The third-order valence-electron chi connectivity index (χ3n) is 3.91. The second-order valence-electron chi connectivity index (χ2n) is 5.58. The monoisotopic (exact) mass is 316 g/mol. The molecular weight excluding hydrogens is 296 g/mol. The molecule has 0 aliphatic carbocycles. The maximum atomic E-state index is 11.1. The fraction of sp³-hybridized carbons (Fsp3) is 0.438. The minimum atomic E-state index is -0.0129. The summed E-state index contributed by atoms with van der Waals surface area (Å²) in [4.78, 5) is 13.5. The van der Waals surface area contributed by atoms with Gasteiger partial charge in [0.25, 0.3) is 0 Å². The van der Waals surface area contributed by atoms with E-state index in [1.54, 1.807) is 6.21 Å². The van der Waals surface area contributed by atoms with Crippen molar-refractivity contribution in [2.75, 3.05) is 23.7 Å². The molecular formula is C16H20N4OS. The van der Waals surface area contributed by atoms with Crippen LogP contribution in [0.3, 0.4) is 0 Å². The molecule has 6 heteroatoms. The van der Waals surface area contributed by atoms with Gasteiger partial charge in [-0.1, -0.05) is 17.8 Å². The Bertz CT molecular complexity index is 621. The average Bonchev–Trinajstić information content (AvgIpc) is 2.95. The van der Waals surface area contributed by atoms with Gasteiger partial charge < -0.3 is 10.2 Å². The number of thioether (sulfide) groups is 1. The molecule has 0 bridgehead atoms. The Kier molecular flexibility index (Phi) is 4.77. The highest BCUT2D eigenvalue weighted by Gasteiger charge is 2.16. The Labute approximate surface area is 134 Å². The van der Waals surface area contributed by atoms with E-state index in [9.17, 15) is 4.79 Å². The van der Waals surface area contributed by atoms with E-state index in [4.69, 9.17) is 0 Å². The van der Waals surface area contributed by atoms with Crippen LogP contribution in [0.1, 0.15) is 30.4 Å². The topological polar surface area (TPSA) is 57.1 Å². The fourth-order valence-corrected chi connectivity index (χ4v) is 3.31. The number of piperidine rings is 1. The number of hydrogen-bond acceptors (Lipinski definition) is 5. The minimum absolute atomic E-state index is 0.0129. The lowest BCUT2D eigenvalue weighted by Crippen LogP contribution is -2.29. The van der Waals surface area contributed by atoms with E-state index in [1.165, 1.54) is 42.3 Å². The number of amides is 1. The highest BCUT2D eigenvalue weighted by molar-refractivity contribution is 8.15. The lowest BCUT2D eigenvalue weighted by molar-refractivity contribution is -0.116. The molecule has 116 valence electrons. The largest absolute Gasteiger partial charge is 0.372 e. The smallest absolute Gasteiger partial charge is 0.236 e. The summed E-state index contributed by atoms with van der Waals surface area (Å²) in [5, 5.41) is 11.3. The quantitative estimate of drug-likeness (QED) is 0.689. The highest BCUT2D eigenvalue weighted by Crippen LogP contribution is 2.22. The summed E-state index contributed by atoms with van der Waals surface area (Å²) in [7, 11) is 0. The summed E-state index contributed by atoms with van der Waals surface area (Å²) in [6, 6.07) is 6.45. The molecule has 1 amide bonds. The van der Waals surface area contributed by atoms with Crippen molar-refractivity contribution in [3.05, 3.63) is 29.3 Å². The normalized spacial score (nSPS) is 20.9. The lowest BCUT2D eigenvalue weighted by Gasteiger charge is -2.29. The minimum Gasteiger partial charge on any atom is -0.372 e. The van der Waals surface area contributed by atoms with E-state index >= 15 is 0 Å². The Morgan fingerprint density at radius 2 is 2.09 bits per heavy atom. The number of anilines is 1. The maximum absolute atomic E-state index is 11.1. The zero-order chi connectivity index (χ0) is 15.4. The van der Waals surface area contributed by atoms with Crippen LogP contribution in [0.15, 0.2) is 28.4 Å². The van der Waals surface area contributed by atoms with E-state index in [2.05, 4.69) is 45.5 Å². The van der Waals surface area contributed by atoms with Crippen molar-refractivity contribution in [1.82, 2.24) is 5.32 Å². The van der Waals surface area contributed by atoms with Crippen LogP contribution in [0.2, 0.25) is 0 Å². The molecule has 0 spiro atoms. The molecule has 3 rings (SSSR count). The standard InChI is InChI=1S/C16H20N4OS/c1-12-9-14(20-7-3-2-4-8-20)6-5-13(12)10-17-19-16-18-15(21)11-22-16/h5-6,9-10H,2-4,7-8,11H2,1H3,(H,18,19,21). The number of carbonyl (C=O) groups is 1. The van der Waals surface area contributed by atoms with Gasteiger partial charge in [-0.2, -0.15) is 5.10 Å². The Hall–Kier alpha value is -1.82. The van der Waals surface area contributed by atoms with E-state index in [1.807, 2.05) is 0 Å². The van der Waals surface area contributed by atoms with Gasteiger partial charge in [0, 0.05) is 18.8 Å². The van der Waals surface area contributed by atoms with Gasteiger partial charge in [0.2, 0.25) is 5.91 Å². The van der Waals surface area contributed by atoms with Crippen molar-refractivity contribution in [3.8, 4) is 0 Å². The maximum Gasteiger partial charge on any atom is 0.236 e. The molecule has 0 saturated carbocycles. The Balaban J connectivity index is 1.68. The van der Waals surface area contributed by atoms with Gasteiger partial charge in [0.15, 0.2) is 5.17 Å². The molecule has 2 saturated heterocycles. The predicted molar refractivity (Wildman–Crippen MR) is 92.9 cm³/mol. The van der Waals surface area contributed by atoms with Gasteiger partial charge in [0.1, 0.15) is 0 Å². The van der Waals surface area contributed by atoms with Crippen LogP contribution in [-0.2, 0) is 4.79 Å². The summed E-state index contributed by atoms with van der Waals surface area (Å²) in [6.07, 6.45) is 5.65. The number of amidine groups is 1. The average molecular weight is 316 g/mol. The second kappa shape index (κ2) is 6.96. The van der Waals surface area contributed by atoms with Crippen LogP contribution in [0.4, 0.5) is 5.69 Å². The third kappa shape index (κ3) is 3.68. The molecule has 2 aliphatic heterocycles. The SMILES string of the molecule is Cc1cc(N2CCCCC2)ccc1C=NN=C1NC(=O)CS1. The molecule has 2 fully saturated rings. The van der Waals surface area contributed by atoms with E-state index < -0.39 is 0 Å². The highest BCUT2D eigenvalue weighted by atomic mass is 32.2. The molecule has 2 heterocycles. The van der Waals surface area contributed by atoms with E-state index in [-0.39, 0.29) is 5.91 Å². The fourth-order valence-electron chi connectivity index (χ4n) is 2.68. The van der Waals surface area contributed by atoms with Crippen molar-refractivity contribution in [1.29, 1.82) is 0 Å². The van der Waals surface area contributed by atoms with E-state index in [0.717, 1.165) is 18.7 Å². The van der Waals surface area contributed by atoms with Crippen LogP contribution in [0, 0.1) is 6.92 Å². The van der Waals surface area contributed by atoms with Crippen LogP contribution in [0.25, 0.3) is 0 Å². The van der Waals surface area contributed by atoms with Gasteiger partial charge in [-0.15, -0.1) is 5.10 Å². The number of rotatable bonds is 3. The zero-order valence-corrected chi connectivity index (χ0v) is 13.5. The molecule has 22 heavy (non-hydrogen) atoms. The Morgan fingerprint density at radius 1 is 1.27 bits per heavy atom. The summed E-state index contributed by atoms with van der Waals surface area (Å²) in [5.41, 5.74) is 3.54. The van der Waals surface area contributed by atoms with Gasteiger partial charge in [-0.05, 0) is 49.4 Å². The summed E-state index contributed by atoms with van der Waals surface area (Å²) in [5.74, 6) is 0.416. The molecule has 0 aromatic heterocycles. The molecule has 5 nitrogen and oxygen atoms in total. The Morgan fingerprint density at radius 3 is 2.77 bits per heavy atom. The lowest BCUT2D eigenvalue weighted by atomic mass is 10.1. The molecule has 1 N–H and O–H groups in total. The van der Waals surface area contributed by atoms with Crippen LogP contribution in [0.5, 0.6) is 0 Å². The number of nitrogens with zero attached hydrogens (tertiary/aromatic N) is 3. The van der Waals surface area contributed by atoms with Crippen LogP contribution < -0.4 is 10.2 Å². The number of hydrogen-bond donors (Lipinski definition) is 1. The van der Waals surface area contributed by atoms with Crippen LogP contribution in [-0.4, -0.2) is 36.1 Å². The van der Waals surface area contributed by atoms with Gasteiger partial charge in [-0.3, -0.25) is 4.79 Å². The van der Waals surface area contributed by atoms with Crippen molar-refractivity contribution >= 4 is 34.7 Å².